The molecule has 1 aliphatic heterocycles. The van der Waals surface area contributed by atoms with E-state index in [1.54, 1.807) is 11.0 Å². The van der Waals surface area contributed by atoms with E-state index in [-0.39, 0.29) is 11.8 Å². The molecule has 1 fully saturated rings. The van der Waals surface area contributed by atoms with Crippen LogP contribution in [0.25, 0.3) is 0 Å². The van der Waals surface area contributed by atoms with Crippen molar-refractivity contribution in [2.75, 3.05) is 13.1 Å². The third-order valence-electron chi connectivity index (χ3n) is 3.64. The number of nitrogens with zero attached hydrogens (tertiary/aromatic N) is 1. The van der Waals surface area contributed by atoms with Gasteiger partial charge >= 0.3 is 5.97 Å². The van der Waals surface area contributed by atoms with Crippen molar-refractivity contribution >= 4 is 34.5 Å². The van der Waals surface area contributed by atoms with Crippen LogP contribution in [0.15, 0.2) is 18.2 Å². The Morgan fingerprint density at radius 1 is 1.37 bits per heavy atom. The van der Waals surface area contributed by atoms with Crippen LogP contribution in [-0.2, 0) is 4.79 Å². The highest BCUT2D eigenvalue weighted by Gasteiger charge is 2.37. The summed E-state index contributed by atoms with van der Waals surface area (Å²) in [4.78, 5) is 25.2. The number of carbonyl (C=O) groups is 2. The van der Waals surface area contributed by atoms with Crippen molar-refractivity contribution in [3.63, 3.8) is 0 Å². The minimum absolute atomic E-state index is 0.00363. The molecule has 0 aromatic heterocycles. The van der Waals surface area contributed by atoms with Gasteiger partial charge in [-0.2, -0.15) is 0 Å². The lowest BCUT2D eigenvalue weighted by Gasteiger charge is -2.17. The Kier molecular flexibility index (Phi) is 4.13. The van der Waals surface area contributed by atoms with Crippen LogP contribution in [0.4, 0.5) is 0 Å². The fourth-order valence-corrected chi connectivity index (χ4v) is 3.03. The smallest absolute Gasteiger partial charge is 0.308 e. The Labute approximate surface area is 125 Å². The summed E-state index contributed by atoms with van der Waals surface area (Å²) in [6.07, 6.45) is 0. The second kappa shape index (κ2) is 5.48. The number of carboxylic acids is 1. The van der Waals surface area contributed by atoms with Gasteiger partial charge in [0.1, 0.15) is 0 Å². The lowest BCUT2D eigenvalue weighted by molar-refractivity contribution is -0.142. The van der Waals surface area contributed by atoms with E-state index in [1.165, 1.54) is 0 Å². The number of aliphatic carboxylic acids is 1. The van der Waals surface area contributed by atoms with E-state index in [0.717, 1.165) is 9.13 Å². The van der Waals surface area contributed by atoms with Crippen LogP contribution in [-0.4, -0.2) is 35.0 Å². The van der Waals surface area contributed by atoms with Crippen molar-refractivity contribution in [3.05, 3.63) is 32.9 Å². The first kappa shape index (κ1) is 14.3. The Bertz CT molecular complexity index is 529. The Balaban J connectivity index is 2.22. The summed E-state index contributed by atoms with van der Waals surface area (Å²) in [6, 6.07) is 5.62. The first-order chi connectivity index (χ1) is 8.91. The van der Waals surface area contributed by atoms with Gasteiger partial charge in [0.05, 0.1) is 11.5 Å². The molecule has 0 aliphatic carbocycles. The highest BCUT2D eigenvalue weighted by Crippen LogP contribution is 2.26. The fraction of sp³-hybridized carbons (Fsp3) is 0.429. The summed E-state index contributed by atoms with van der Waals surface area (Å²) < 4.78 is 0.941. The third kappa shape index (κ3) is 2.75. The molecule has 0 radical (unpaired) electrons. The number of amides is 1. The number of benzene rings is 1. The van der Waals surface area contributed by atoms with Crippen LogP contribution in [0.1, 0.15) is 22.8 Å². The third-order valence-corrected chi connectivity index (χ3v) is 5.07. The van der Waals surface area contributed by atoms with Crippen LogP contribution >= 0.6 is 22.6 Å². The number of aryl methyl sites for hydroxylation is 1. The molecule has 4 nitrogen and oxygen atoms in total. The molecule has 1 N–H and O–H groups in total. The average molecular weight is 373 g/mol. The summed E-state index contributed by atoms with van der Waals surface area (Å²) in [5.41, 5.74) is 1.73. The van der Waals surface area contributed by atoms with Crippen LogP contribution < -0.4 is 0 Å². The van der Waals surface area contributed by atoms with Crippen LogP contribution in [0.5, 0.6) is 0 Å². The van der Waals surface area contributed by atoms with Gasteiger partial charge in [0.25, 0.3) is 5.91 Å². The summed E-state index contributed by atoms with van der Waals surface area (Å²) in [5.74, 6) is -1.33. The van der Waals surface area contributed by atoms with Crippen LogP contribution in [0.2, 0.25) is 0 Å². The molecule has 0 spiro atoms. The minimum Gasteiger partial charge on any atom is -0.481 e. The van der Waals surface area contributed by atoms with Crippen LogP contribution in [0.3, 0.4) is 0 Å². The molecule has 1 aromatic carbocycles. The zero-order valence-electron chi connectivity index (χ0n) is 10.9. The topological polar surface area (TPSA) is 57.6 Å². The number of carboxylic acid groups (broad SMARTS) is 1. The van der Waals surface area contributed by atoms with Crippen molar-refractivity contribution in [2.45, 2.75) is 13.8 Å². The minimum atomic E-state index is -0.818. The van der Waals surface area contributed by atoms with Gasteiger partial charge in [-0.1, -0.05) is 19.1 Å². The summed E-state index contributed by atoms with van der Waals surface area (Å²) in [6.45, 7) is 4.66. The lowest BCUT2D eigenvalue weighted by atomic mass is 9.99. The second-order valence-electron chi connectivity index (χ2n) is 5.07. The molecule has 19 heavy (non-hydrogen) atoms. The quantitative estimate of drug-likeness (QED) is 0.810. The first-order valence-corrected chi connectivity index (χ1v) is 7.27. The number of rotatable bonds is 2. The van der Waals surface area contributed by atoms with E-state index < -0.39 is 11.9 Å². The molecule has 5 heteroatoms. The Morgan fingerprint density at radius 3 is 2.63 bits per heavy atom. The average Bonchev–Trinajstić information content (AvgIpc) is 2.74. The molecule has 102 valence electrons. The standard InChI is InChI=1S/C14H16INO3/c1-8-4-3-5-10(12(8)15)13(17)16-6-9(2)11(7-16)14(18)19/h3-5,9,11H,6-7H2,1-2H3,(H,18,19)/t9-,11-/m1/s1. The number of halogens is 1. The SMILES string of the molecule is Cc1cccc(C(=O)N2C[C@@H](C)[C@H](C(=O)O)C2)c1I. The number of hydrogen-bond donors (Lipinski definition) is 1. The van der Waals surface area contributed by atoms with E-state index >= 15 is 0 Å². The van der Waals surface area contributed by atoms with Crippen LogP contribution in [0, 0.1) is 22.3 Å². The van der Waals surface area contributed by atoms with Gasteiger partial charge in [-0.15, -0.1) is 0 Å². The number of carbonyl (C=O) groups excluding carboxylic acids is 1. The van der Waals surface area contributed by atoms with Gasteiger partial charge < -0.3 is 10.0 Å². The zero-order chi connectivity index (χ0) is 14.2. The van der Waals surface area contributed by atoms with E-state index in [4.69, 9.17) is 5.11 Å². The highest BCUT2D eigenvalue weighted by atomic mass is 127. The zero-order valence-corrected chi connectivity index (χ0v) is 13.0. The summed E-state index contributed by atoms with van der Waals surface area (Å²) in [5, 5.41) is 9.11. The Hall–Kier alpha value is -1.11. The van der Waals surface area contributed by atoms with Crippen molar-refractivity contribution in [3.8, 4) is 0 Å². The highest BCUT2D eigenvalue weighted by molar-refractivity contribution is 14.1. The van der Waals surface area contributed by atoms with Gasteiger partial charge in [0.15, 0.2) is 0 Å². The molecule has 0 unspecified atom stereocenters. The van der Waals surface area contributed by atoms with Gasteiger partial charge in [-0.05, 0) is 47.1 Å². The molecule has 1 aromatic rings. The predicted octanol–water partition coefficient (Wildman–Crippen LogP) is 2.39. The maximum atomic E-state index is 12.5. The Morgan fingerprint density at radius 2 is 2.05 bits per heavy atom. The molecular weight excluding hydrogens is 357 g/mol. The van der Waals surface area contributed by atoms with Crippen molar-refractivity contribution < 1.29 is 14.7 Å². The largest absolute Gasteiger partial charge is 0.481 e. The molecule has 1 heterocycles. The van der Waals surface area contributed by atoms with E-state index in [0.29, 0.717) is 18.7 Å². The predicted molar refractivity (Wildman–Crippen MR) is 80.1 cm³/mol. The molecule has 1 saturated heterocycles. The molecule has 1 aliphatic rings. The normalized spacial score (nSPS) is 22.6. The fourth-order valence-electron chi connectivity index (χ4n) is 2.44. The van der Waals surface area contributed by atoms with E-state index in [2.05, 4.69) is 22.6 Å². The van der Waals surface area contributed by atoms with Crippen molar-refractivity contribution in [1.29, 1.82) is 0 Å². The molecule has 2 atom stereocenters. The molecular formula is C14H16INO3. The first-order valence-electron chi connectivity index (χ1n) is 6.19. The second-order valence-corrected chi connectivity index (χ2v) is 6.15. The van der Waals surface area contributed by atoms with E-state index in [1.807, 2.05) is 26.0 Å². The molecule has 0 saturated carbocycles. The molecule has 2 rings (SSSR count). The summed E-state index contributed by atoms with van der Waals surface area (Å²) in [7, 11) is 0. The molecule has 1 amide bonds. The van der Waals surface area contributed by atoms with Gasteiger partial charge in [-0.3, -0.25) is 9.59 Å². The number of hydrogen-bond acceptors (Lipinski definition) is 2. The summed E-state index contributed by atoms with van der Waals surface area (Å²) >= 11 is 2.17. The number of likely N-dealkylation sites (tertiary alicyclic amines) is 1. The van der Waals surface area contributed by atoms with Gasteiger partial charge in [0, 0.05) is 16.7 Å². The molecule has 0 bridgehead atoms. The van der Waals surface area contributed by atoms with E-state index in [9.17, 15) is 9.59 Å². The monoisotopic (exact) mass is 373 g/mol. The van der Waals surface area contributed by atoms with Gasteiger partial charge in [0.2, 0.25) is 0 Å². The maximum absolute atomic E-state index is 12.5. The van der Waals surface area contributed by atoms with Gasteiger partial charge in [-0.25, -0.2) is 0 Å². The lowest BCUT2D eigenvalue weighted by Crippen LogP contribution is -2.30. The maximum Gasteiger partial charge on any atom is 0.308 e. The van der Waals surface area contributed by atoms with Crippen molar-refractivity contribution in [2.24, 2.45) is 11.8 Å². The van der Waals surface area contributed by atoms with Crippen molar-refractivity contribution in [1.82, 2.24) is 4.90 Å².